The van der Waals surface area contributed by atoms with Gasteiger partial charge in [-0.05, 0) is 143 Å². The molecular formula is C36H47BrN4O8S2. The highest BCUT2D eigenvalue weighted by molar-refractivity contribution is 9.08. The number of imide groups is 2. The van der Waals surface area contributed by atoms with Crippen molar-refractivity contribution in [1.29, 1.82) is 0 Å². The summed E-state index contributed by atoms with van der Waals surface area (Å²) in [4.78, 5) is 52.6. The molecule has 4 aromatic rings. The van der Waals surface area contributed by atoms with Crippen molar-refractivity contribution in [2.75, 3.05) is 9.80 Å². The van der Waals surface area contributed by atoms with Crippen LogP contribution in [0.15, 0.2) is 36.4 Å². The van der Waals surface area contributed by atoms with Crippen molar-refractivity contribution < 1.29 is 38.1 Å². The zero-order valence-electron chi connectivity index (χ0n) is 31.4. The summed E-state index contributed by atoms with van der Waals surface area (Å²) in [6.07, 6.45) is -3.25. The summed E-state index contributed by atoms with van der Waals surface area (Å²) in [6, 6.07) is 11.5. The Bertz CT molecular complexity index is 1840. The minimum absolute atomic E-state index is 0.219. The van der Waals surface area contributed by atoms with E-state index in [1.54, 1.807) is 83.1 Å². The minimum atomic E-state index is -0.816. The van der Waals surface area contributed by atoms with Crippen molar-refractivity contribution in [3.8, 4) is 0 Å². The van der Waals surface area contributed by atoms with E-state index in [0.717, 1.165) is 30.3 Å². The number of benzene rings is 2. The maximum absolute atomic E-state index is 12.7. The smallest absolute Gasteiger partial charge is 0.425 e. The molecule has 2 aromatic heterocycles. The Kier molecular flexibility index (Phi) is 12.9. The largest absolute Gasteiger partial charge is 0.443 e. The van der Waals surface area contributed by atoms with E-state index in [1.165, 1.54) is 23.1 Å². The summed E-state index contributed by atoms with van der Waals surface area (Å²) in [6.45, 7) is 22.8. The van der Waals surface area contributed by atoms with Gasteiger partial charge in [0.2, 0.25) is 0 Å². The van der Waals surface area contributed by atoms with Gasteiger partial charge in [-0.3, -0.25) is 0 Å². The summed E-state index contributed by atoms with van der Waals surface area (Å²) in [7, 11) is 0. The number of hydrogen-bond acceptors (Lipinski definition) is 12. The van der Waals surface area contributed by atoms with Gasteiger partial charge in [0.05, 0.1) is 9.40 Å². The van der Waals surface area contributed by atoms with Crippen molar-refractivity contribution in [2.45, 2.75) is 118 Å². The van der Waals surface area contributed by atoms with Crippen molar-refractivity contribution >= 4 is 95.2 Å². The fourth-order valence-corrected chi connectivity index (χ4v) is 5.98. The Hall–Kier alpha value is -3.82. The zero-order chi connectivity index (χ0) is 38.7. The summed E-state index contributed by atoms with van der Waals surface area (Å²) in [5.74, 6) is 0.448. The van der Waals surface area contributed by atoms with Gasteiger partial charge in [-0.2, -0.15) is 18.5 Å². The van der Waals surface area contributed by atoms with Gasteiger partial charge in [-0.1, -0.05) is 33.6 Å². The summed E-state index contributed by atoms with van der Waals surface area (Å²) in [5, 5.41) is 2.06. The summed E-state index contributed by atoms with van der Waals surface area (Å²) >= 11 is 5.84. The van der Waals surface area contributed by atoms with Gasteiger partial charge in [-0.25, -0.2) is 19.2 Å². The first kappa shape index (κ1) is 41.6. The lowest BCUT2D eigenvalue weighted by Crippen LogP contribution is -2.44. The molecule has 0 spiro atoms. The Morgan fingerprint density at radius 3 is 1.25 bits per heavy atom. The molecule has 12 nitrogen and oxygen atoms in total. The van der Waals surface area contributed by atoms with Gasteiger partial charge in [0.1, 0.15) is 22.4 Å². The monoisotopic (exact) mass is 806 g/mol. The van der Waals surface area contributed by atoms with Gasteiger partial charge in [0, 0.05) is 16.1 Å². The number of carbonyl (C=O) groups excluding carboxylic acids is 4. The zero-order valence-corrected chi connectivity index (χ0v) is 34.6. The maximum Gasteiger partial charge on any atom is 0.425 e. The molecule has 0 aliphatic carbocycles. The van der Waals surface area contributed by atoms with Crippen LogP contribution in [0.3, 0.4) is 0 Å². The third-order valence-corrected chi connectivity index (χ3v) is 8.29. The molecule has 0 bridgehead atoms. The second-order valence-electron chi connectivity index (χ2n) is 15.6. The highest BCUT2D eigenvalue weighted by atomic mass is 79.9. The first-order valence-electron chi connectivity index (χ1n) is 16.1. The fourth-order valence-electron chi connectivity index (χ4n) is 4.14. The second kappa shape index (κ2) is 15.8. The molecule has 2 aromatic carbocycles. The molecule has 4 amide bonds. The highest BCUT2D eigenvalue weighted by Gasteiger charge is 2.36. The molecular weight excluding hydrogens is 760 g/mol. The maximum atomic E-state index is 12.7. The van der Waals surface area contributed by atoms with Gasteiger partial charge in [-0.15, -0.1) is 0 Å². The number of hydrogen-bond donors (Lipinski definition) is 0. The lowest BCUT2D eigenvalue weighted by atomic mass is 10.2. The number of aryl methyl sites for hydroxylation is 1. The number of carbonyl (C=O) groups is 4. The van der Waals surface area contributed by atoms with Crippen LogP contribution in [0.25, 0.3) is 20.2 Å². The molecule has 0 aliphatic heterocycles. The molecule has 0 atom stereocenters. The van der Waals surface area contributed by atoms with Crippen LogP contribution >= 0.6 is 39.0 Å². The van der Waals surface area contributed by atoms with E-state index in [2.05, 4.69) is 24.7 Å². The number of anilines is 2. The van der Waals surface area contributed by atoms with Crippen molar-refractivity contribution in [2.24, 2.45) is 0 Å². The number of aromatic nitrogens is 2. The predicted molar refractivity (Wildman–Crippen MR) is 207 cm³/mol. The molecule has 0 aliphatic rings. The van der Waals surface area contributed by atoms with E-state index >= 15 is 0 Å². The number of halogens is 1. The number of ether oxygens (including phenoxy) is 4. The number of nitrogens with zero attached hydrogens (tertiary/aromatic N) is 4. The fraction of sp³-hybridized carbons (Fsp3) is 0.500. The number of amides is 4. The Morgan fingerprint density at radius 2 is 0.922 bits per heavy atom. The van der Waals surface area contributed by atoms with Crippen molar-refractivity contribution in [1.82, 2.24) is 8.75 Å². The molecule has 15 heteroatoms. The average molecular weight is 808 g/mol. The second-order valence-corrected chi connectivity index (χ2v) is 17.7. The van der Waals surface area contributed by atoms with Crippen LogP contribution in [-0.2, 0) is 24.3 Å². The van der Waals surface area contributed by atoms with Crippen LogP contribution < -0.4 is 9.80 Å². The molecule has 4 rings (SSSR count). The molecule has 278 valence electrons. The summed E-state index contributed by atoms with van der Waals surface area (Å²) < 4.78 is 32.0. The van der Waals surface area contributed by atoms with Crippen molar-refractivity contribution in [3.63, 3.8) is 0 Å². The molecule has 0 saturated carbocycles. The van der Waals surface area contributed by atoms with E-state index in [-0.39, 0.29) is 11.6 Å². The number of fused-ring (bicyclic) bond motifs is 2. The summed E-state index contributed by atoms with van der Waals surface area (Å²) in [5.41, 5.74) is -1.01. The molecule has 51 heavy (non-hydrogen) atoms. The molecule has 0 saturated heterocycles. The molecule has 0 unspecified atom stereocenters. The minimum Gasteiger partial charge on any atom is -0.443 e. The predicted octanol–water partition coefficient (Wildman–Crippen LogP) is 11.1. The van der Waals surface area contributed by atoms with E-state index in [0.29, 0.717) is 16.1 Å². The van der Waals surface area contributed by atoms with E-state index in [9.17, 15) is 19.2 Å². The van der Waals surface area contributed by atoms with E-state index in [1.807, 2.05) is 43.3 Å². The highest BCUT2D eigenvalue weighted by Crippen LogP contribution is 2.34. The number of rotatable bonds is 3. The Labute approximate surface area is 315 Å². The van der Waals surface area contributed by atoms with Gasteiger partial charge >= 0.3 is 24.4 Å². The lowest BCUT2D eigenvalue weighted by molar-refractivity contribution is 0.0407. The molecule has 0 fully saturated rings. The standard InChI is InChI=1S/C18H23BrN2O4S.C18H24N2O4S/c1-17(2,3)24-15(22)21(16(23)25-18(4,5)6)14-12-9-11(10-19)7-8-13(12)26-20-14;1-11-8-9-13-12(10-11)14(19-25-13)20(15(21)23-17(2,3)4)16(22)24-18(5,6)7/h7-9H,10H2,1-6H3;8-10H,1-7H3. The van der Waals surface area contributed by atoms with Crippen molar-refractivity contribution in [3.05, 3.63) is 47.5 Å². The molecule has 0 radical (unpaired) electrons. The Balaban J connectivity index is 0.000000276. The van der Waals surface area contributed by atoms with Crippen LogP contribution in [-0.4, -0.2) is 55.5 Å². The normalized spacial score (nSPS) is 12.1. The molecule has 0 N–H and O–H groups in total. The third-order valence-electron chi connectivity index (χ3n) is 6.00. The van der Waals surface area contributed by atoms with E-state index in [4.69, 9.17) is 18.9 Å². The third kappa shape index (κ3) is 12.1. The van der Waals surface area contributed by atoms with Crippen LogP contribution in [0.1, 0.15) is 94.2 Å². The first-order chi connectivity index (χ1) is 23.3. The first-order valence-corrected chi connectivity index (χ1v) is 18.8. The lowest BCUT2D eigenvalue weighted by Gasteiger charge is -2.27. The van der Waals surface area contributed by atoms with Gasteiger partial charge < -0.3 is 18.9 Å². The topological polar surface area (TPSA) is 137 Å². The van der Waals surface area contributed by atoms with Crippen LogP contribution in [0.5, 0.6) is 0 Å². The van der Waals surface area contributed by atoms with Crippen LogP contribution in [0, 0.1) is 6.92 Å². The molecule has 2 heterocycles. The van der Waals surface area contributed by atoms with Gasteiger partial charge in [0.15, 0.2) is 11.6 Å². The van der Waals surface area contributed by atoms with E-state index < -0.39 is 46.8 Å². The average Bonchev–Trinajstić information content (AvgIpc) is 3.53. The van der Waals surface area contributed by atoms with Gasteiger partial charge in [0.25, 0.3) is 0 Å². The quantitative estimate of drug-likeness (QED) is 0.145. The number of alkyl halides is 1. The van der Waals surface area contributed by atoms with Crippen LogP contribution in [0.4, 0.5) is 30.8 Å². The van der Waals surface area contributed by atoms with Crippen LogP contribution in [0.2, 0.25) is 0 Å². The Morgan fingerprint density at radius 1 is 0.588 bits per heavy atom. The SMILES string of the molecule is CC(C)(C)OC(=O)N(C(=O)OC(C)(C)C)c1nsc2ccc(CBr)cc12.Cc1ccc2snc(N(C(=O)OC(C)(C)C)C(=O)OC(C)(C)C)c2c1.